The quantitative estimate of drug-likeness (QED) is 0.425. The molecule has 2 saturated heterocycles. The van der Waals surface area contributed by atoms with Gasteiger partial charge in [0.1, 0.15) is 5.69 Å². The summed E-state index contributed by atoms with van der Waals surface area (Å²) in [5.41, 5.74) is 3.70. The van der Waals surface area contributed by atoms with E-state index in [0.29, 0.717) is 50.5 Å². The van der Waals surface area contributed by atoms with Crippen molar-refractivity contribution in [3.05, 3.63) is 54.0 Å². The van der Waals surface area contributed by atoms with Gasteiger partial charge in [-0.3, -0.25) is 19.5 Å². The summed E-state index contributed by atoms with van der Waals surface area (Å²) < 4.78 is 0. The molecule has 2 N–H and O–H groups in total. The number of rotatable bonds is 7. The first-order valence-electron chi connectivity index (χ1n) is 13.7. The predicted octanol–water partition coefficient (Wildman–Crippen LogP) is 4.43. The molecule has 40 heavy (non-hydrogen) atoms. The highest BCUT2D eigenvalue weighted by Crippen LogP contribution is 2.26. The Hall–Kier alpha value is -4.54. The van der Waals surface area contributed by atoms with Crippen molar-refractivity contribution in [1.82, 2.24) is 29.7 Å². The number of imide groups is 1. The van der Waals surface area contributed by atoms with Crippen LogP contribution >= 0.6 is 0 Å². The molecule has 0 atom stereocenters. The van der Waals surface area contributed by atoms with Crippen LogP contribution in [0.25, 0.3) is 16.6 Å². The number of aliphatic imine (C=N–C) groups is 1. The Morgan fingerprint density at radius 2 is 1.98 bits per heavy atom. The zero-order valence-corrected chi connectivity index (χ0v) is 23.1. The Balaban J connectivity index is 1.24. The number of allylic oxidation sites excluding steroid dienone is 1. The number of H-pyrrole nitrogens is 1. The van der Waals surface area contributed by atoms with Crippen LogP contribution in [0.1, 0.15) is 55.7 Å². The van der Waals surface area contributed by atoms with E-state index in [4.69, 9.17) is 0 Å². The molecule has 208 valence electrons. The van der Waals surface area contributed by atoms with Crippen LogP contribution in [0.5, 0.6) is 0 Å². The fourth-order valence-corrected chi connectivity index (χ4v) is 5.16. The monoisotopic (exact) mass is 542 g/mol. The summed E-state index contributed by atoms with van der Waals surface area (Å²) in [6.07, 6.45) is 8.02. The van der Waals surface area contributed by atoms with Crippen LogP contribution < -0.4 is 5.32 Å². The number of likely N-dealkylation sites (tertiary alicyclic amines) is 1. The summed E-state index contributed by atoms with van der Waals surface area (Å²) >= 11 is 0. The van der Waals surface area contributed by atoms with E-state index in [1.807, 2.05) is 61.4 Å². The normalized spacial score (nSPS) is 17.4. The maximum atomic E-state index is 13.3. The van der Waals surface area contributed by atoms with Gasteiger partial charge in [-0.05, 0) is 56.5 Å². The van der Waals surface area contributed by atoms with Crippen molar-refractivity contribution < 1.29 is 14.4 Å². The lowest BCUT2D eigenvalue weighted by Crippen LogP contribution is -2.56. The van der Waals surface area contributed by atoms with E-state index in [-0.39, 0.29) is 23.9 Å². The van der Waals surface area contributed by atoms with Crippen LogP contribution in [-0.4, -0.2) is 86.4 Å². The van der Waals surface area contributed by atoms with Crippen LogP contribution in [0.2, 0.25) is 0 Å². The van der Waals surface area contributed by atoms with Crippen LogP contribution in [0.3, 0.4) is 0 Å². The van der Waals surface area contributed by atoms with E-state index in [2.05, 4.69) is 25.3 Å². The predicted molar refractivity (Wildman–Crippen MR) is 154 cm³/mol. The van der Waals surface area contributed by atoms with Gasteiger partial charge in [-0.2, -0.15) is 0 Å². The number of hydrogen-bond donors (Lipinski definition) is 2. The Morgan fingerprint density at radius 1 is 1.18 bits per heavy atom. The average Bonchev–Trinajstić information content (AvgIpc) is 3.40. The minimum absolute atomic E-state index is 0.0338. The second-order valence-electron chi connectivity index (χ2n) is 9.97. The fourth-order valence-electron chi connectivity index (χ4n) is 5.16. The molecule has 2 aliphatic rings. The van der Waals surface area contributed by atoms with Crippen molar-refractivity contribution in [3.8, 4) is 0 Å². The van der Waals surface area contributed by atoms with Crippen molar-refractivity contribution in [2.45, 2.75) is 45.6 Å². The van der Waals surface area contributed by atoms with E-state index in [1.165, 1.54) is 11.9 Å². The van der Waals surface area contributed by atoms with Crippen molar-refractivity contribution in [3.63, 3.8) is 0 Å². The molecule has 2 aromatic heterocycles. The molecule has 5 rings (SSSR count). The third-order valence-corrected chi connectivity index (χ3v) is 7.38. The Morgan fingerprint density at radius 3 is 2.73 bits per heavy atom. The lowest BCUT2D eigenvalue weighted by Gasteiger charge is -2.41. The van der Waals surface area contributed by atoms with Gasteiger partial charge in [0.25, 0.3) is 5.91 Å². The molecule has 1 aromatic carbocycles. The van der Waals surface area contributed by atoms with Crippen molar-refractivity contribution in [1.29, 1.82) is 0 Å². The van der Waals surface area contributed by atoms with Crippen LogP contribution in [-0.2, 0) is 4.79 Å². The summed E-state index contributed by atoms with van der Waals surface area (Å²) in [6.45, 7) is 5.51. The van der Waals surface area contributed by atoms with Crippen molar-refractivity contribution >= 4 is 52.3 Å². The van der Waals surface area contributed by atoms with Crippen molar-refractivity contribution in [2.24, 2.45) is 4.99 Å². The SMILES string of the molecule is C/C=C(\N=CCC)c1ccnc(Nc2ccc3[nH]c(C(=O)N4CCC(N5CCC(=O)N(C)C5=O)CC4)cc3c2)n1. The molecular formula is C29H34N8O3. The fraction of sp³-hybridized carbons (Fsp3) is 0.379. The number of hydrogen-bond acceptors (Lipinski definition) is 7. The number of urea groups is 1. The summed E-state index contributed by atoms with van der Waals surface area (Å²) in [4.78, 5) is 59.1. The van der Waals surface area contributed by atoms with Gasteiger partial charge in [-0.25, -0.2) is 14.8 Å². The Labute approximate surface area is 233 Å². The Bertz CT molecular complexity index is 1490. The first-order valence-corrected chi connectivity index (χ1v) is 13.7. The van der Waals surface area contributed by atoms with Gasteiger partial charge in [0.2, 0.25) is 11.9 Å². The average molecular weight is 543 g/mol. The number of aromatic amines is 1. The summed E-state index contributed by atoms with van der Waals surface area (Å²) in [5.74, 6) is 0.247. The smallest absolute Gasteiger partial charge is 0.326 e. The zero-order chi connectivity index (χ0) is 28.2. The largest absolute Gasteiger partial charge is 0.351 e. The lowest BCUT2D eigenvalue weighted by molar-refractivity contribution is -0.130. The molecule has 0 unspecified atom stereocenters. The van der Waals surface area contributed by atoms with Crippen LogP contribution in [0, 0.1) is 0 Å². The number of carbonyl (C=O) groups is 3. The third-order valence-electron chi connectivity index (χ3n) is 7.38. The molecule has 11 nitrogen and oxygen atoms in total. The van der Waals surface area contributed by atoms with Gasteiger partial charge in [0.05, 0.1) is 11.4 Å². The minimum atomic E-state index is -0.245. The zero-order valence-electron chi connectivity index (χ0n) is 23.1. The van der Waals surface area contributed by atoms with E-state index in [1.54, 1.807) is 11.1 Å². The van der Waals surface area contributed by atoms with Gasteiger partial charge in [0.15, 0.2) is 0 Å². The molecule has 4 amide bonds. The number of piperidine rings is 1. The van der Waals surface area contributed by atoms with E-state index < -0.39 is 0 Å². The summed E-state index contributed by atoms with van der Waals surface area (Å²) in [5, 5.41) is 4.15. The third kappa shape index (κ3) is 5.58. The minimum Gasteiger partial charge on any atom is -0.351 e. The van der Waals surface area contributed by atoms with Gasteiger partial charge in [-0.1, -0.05) is 13.0 Å². The van der Waals surface area contributed by atoms with Gasteiger partial charge in [-0.15, -0.1) is 0 Å². The van der Waals surface area contributed by atoms with Crippen molar-refractivity contribution in [2.75, 3.05) is 32.0 Å². The standard InChI is InChI=1S/C29H34N8O3/c1-4-12-30-22(5-2)24-8-13-31-28(34-24)32-20-6-7-23-19(17-20)18-25(33-23)27(39)36-14-9-21(10-15-36)37-16-11-26(38)35(3)29(37)40/h5-8,12-13,17-18,21,33H,4,9-11,14-16H2,1-3H3,(H,31,32,34)/b22-5-,30-12?. The maximum absolute atomic E-state index is 13.3. The number of benzene rings is 1. The maximum Gasteiger partial charge on any atom is 0.326 e. The topological polar surface area (TPSA) is 127 Å². The number of anilines is 2. The molecule has 2 fully saturated rings. The summed E-state index contributed by atoms with van der Waals surface area (Å²) in [6, 6.07) is 9.27. The van der Waals surface area contributed by atoms with Crippen LogP contribution in [0.4, 0.5) is 16.4 Å². The number of fused-ring (bicyclic) bond motifs is 1. The number of aromatic nitrogens is 3. The Kier molecular flexibility index (Phi) is 7.90. The second kappa shape index (κ2) is 11.7. The molecule has 4 heterocycles. The van der Waals surface area contributed by atoms with Gasteiger partial charge < -0.3 is 20.1 Å². The molecule has 2 aliphatic heterocycles. The number of carbonyl (C=O) groups excluding carboxylic acids is 3. The lowest BCUT2D eigenvalue weighted by atomic mass is 10.0. The molecule has 11 heteroatoms. The van der Waals surface area contributed by atoms with E-state index in [9.17, 15) is 14.4 Å². The highest BCUT2D eigenvalue weighted by atomic mass is 16.2. The second-order valence-corrected chi connectivity index (χ2v) is 9.97. The van der Waals surface area contributed by atoms with Gasteiger partial charge >= 0.3 is 6.03 Å². The molecule has 0 spiro atoms. The molecule has 0 aliphatic carbocycles. The highest BCUT2D eigenvalue weighted by molar-refractivity contribution is 5.99. The van der Waals surface area contributed by atoms with Gasteiger partial charge in [0, 0.05) is 68.1 Å². The van der Waals surface area contributed by atoms with E-state index in [0.717, 1.165) is 34.4 Å². The molecule has 3 aromatic rings. The summed E-state index contributed by atoms with van der Waals surface area (Å²) in [7, 11) is 1.53. The number of amides is 4. The first-order chi connectivity index (χ1) is 19.4. The van der Waals surface area contributed by atoms with E-state index >= 15 is 0 Å². The molecule has 0 radical (unpaired) electrons. The highest BCUT2D eigenvalue weighted by Gasteiger charge is 2.36. The number of nitrogens with one attached hydrogen (secondary N) is 2. The molecule has 0 bridgehead atoms. The molecule has 0 saturated carbocycles. The first kappa shape index (κ1) is 27.0. The number of nitrogens with zero attached hydrogens (tertiary/aromatic N) is 6. The van der Waals surface area contributed by atoms with Crippen LogP contribution in [0.15, 0.2) is 47.6 Å². The molecular weight excluding hydrogens is 508 g/mol.